The van der Waals surface area contributed by atoms with Gasteiger partial charge in [0.1, 0.15) is 5.78 Å². The molecule has 4 bridgehead atoms. The molecule has 4 fully saturated rings. The number of carbonyl (C=O) groups is 1. The first-order chi connectivity index (χ1) is 8.65. The van der Waals surface area contributed by atoms with Gasteiger partial charge in [-0.15, -0.1) is 0 Å². The van der Waals surface area contributed by atoms with Gasteiger partial charge in [0.2, 0.25) is 0 Å². The van der Waals surface area contributed by atoms with Crippen LogP contribution in [0.3, 0.4) is 0 Å². The van der Waals surface area contributed by atoms with Crippen molar-refractivity contribution < 1.29 is 14.3 Å². The van der Waals surface area contributed by atoms with Crippen LogP contribution >= 0.6 is 0 Å². The number of ether oxygens (including phenoxy) is 2. The van der Waals surface area contributed by atoms with Gasteiger partial charge >= 0.3 is 0 Å². The zero-order chi connectivity index (χ0) is 12.8. The van der Waals surface area contributed by atoms with E-state index < -0.39 is 0 Å². The number of rotatable bonds is 5. The van der Waals surface area contributed by atoms with Crippen LogP contribution in [0.1, 0.15) is 44.9 Å². The van der Waals surface area contributed by atoms with E-state index in [0.29, 0.717) is 12.2 Å². The highest BCUT2D eigenvalue weighted by Gasteiger charge is 2.54. The summed E-state index contributed by atoms with van der Waals surface area (Å²) in [4.78, 5) is 12.7. The van der Waals surface area contributed by atoms with Crippen molar-refractivity contribution in [2.45, 2.75) is 51.2 Å². The first-order valence-corrected chi connectivity index (χ1v) is 7.24. The van der Waals surface area contributed by atoms with Crippen molar-refractivity contribution in [3.8, 4) is 0 Å². The largest absolute Gasteiger partial charge is 0.355 e. The third-order valence-corrected chi connectivity index (χ3v) is 5.51. The fraction of sp³-hybridized carbons (Fsp3) is 0.933. The quantitative estimate of drug-likeness (QED) is 0.706. The molecular weight excluding hydrogens is 228 g/mol. The molecule has 0 saturated heterocycles. The minimum absolute atomic E-state index is 0.00986. The van der Waals surface area contributed by atoms with Crippen LogP contribution in [0.15, 0.2) is 0 Å². The highest BCUT2D eigenvalue weighted by atomic mass is 16.7. The molecule has 4 aliphatic rings. The smallest absolute Gasteiger partial charge is 0.163 e. The molecular formula is C15H24O3. The topological polar surface area (TPSA) is 35.5 Å². The molecule has 0 aromatic heterocycles. The van der Waals surface area contributed by atoms with E-state index in [-0.39, 0.29) is 11.7 Å². The summed E-state index contributed by atoms with van der Waals surface area (Å²) in [5.41, 5.74) is -0.00986. The van der Waals surface area contributed by atoms with E-state index in [2.05, 4.69) is 0 Å². The fourth-order valence-electron chi connectivity index (χ4n) is 5.08. The van der Waals surface area contributed by atoms with Crippen LogP contribution in [0.4, 0.5) is 0 Å². The lowest BCUT2D eigenvalue weighted by molar-refractivity contribution is -0.158. The third-order valence-electron chi connectivity index (χ3n) is 5.51. The van der Waals surface area contributed by atoms with E-state index in [1.807, 2.05) is 0 Å². The standard InChI is InChI=1S/C15H24O3/c1-17-14(18-2)6-13(16)15-7-10-3-11(8-15)5-12(4-10)9-15/h10-12,14H,3-9H2,1-2H3. The monoisotopic (exact) mass is 252 g/mol. The van der Waals surface area contributed by atoms with Crippen molar-refractivity contribution in [2.24, 2.45) is 23.2 Å². The second-order valence-electron chi connectivity index (χ2n) is 6.73. The zero-order valence-electron chi connectivity index (χ0n) is 11.5. The molecule has 0 atom stereocenters. The molecule has 0 spiro atoms. The first-order valence-electron chi connectivity index (χ1n) is 7.24. The molecule has 3 nitrogen and oxygen atoms in total. The van der Waals surface area contributed by atoms with E-state index in [4.69, 9.17) is 9.47 Å². The molecule has 4 aliphatic carbocycles. The van der Waals surface area contributed by atoms with Crippen LogP contribution in [-0.2, 0) is 14.3 Å². The minimum atomic E-state index is -0.356. The predicted octanol–water partition coefficient (Wildman–Crippen LogP) is 2.78. The molecule has 0 unspecified atom stereocenters. The van der Waals surface area contributed by atoms with Gasteiger partial charge in [-0.3, -0.25) is 4.79 Å². The summed E-state index contributed by atoms with van der Waals surface area (Å²) >= 11 is 0. The maximum Gasteiger partial charge on any atom is 0.163 e. The Morgan fingerprint density at radius 3 is 1.89 bits per heavy atom. The van der Waals surface area contributed by atoms with Gasteiger partial charge in [-0.1, -0.05) is 0 Å². The van der Waals surface area contributed by atoms with E-state index in [1.54, 1.807) is 14.2 Å². The van der Waals surface area contributed by atoms with E-state index in [9.17, 15) is 4.79 Å². The molecule has 0 aromatic rings. The molecule has 0 aromatic carbocycles. The maximum absolute atomic E-state index is 12.7. The molecule has 3 heteroatoms. The lowest BCUT2D eigenvalue weighted by atomic mass is 9.48. The molecule has 4 rings (SSSR count). The van der Waals surface area contributed by atoms with E-state index in [0.717, 1.165) is 37.0 Å². The summed E-state index contributed by atoms with van der Waals surface area (Å²) in [6.07, 6.45) is 7.62. The van der Waals surface area contributed by atoms with Gasteiger partial charge in [0.05, 0.1) is 6.42 Å². The minimum Gasteiger partial charge on any atom is -0.355 e. The summed E-state index contributed by atoms with van der Waals surface area (Å²) in [7, 11) is 3.22. The summed E-state index contributed by atoms with van der Waals surface area (Å²) in [5.74, 6) is 2.87. The average Bonchev–Trinajstić information content (AvgIpc) is 2.34. The highest BCUT2D eigenvalue weighted by molar-refractivity contribution is 5.85. The Morgan fingerprint density at radius 1 is 1.06 bits per heavy atom. The summed E-state index contributed by atoms with van der Waals surface area (Å²) in [5, 5.41) is 0. The van der Waals surface area contributed by atoms with Gasteiger partial charge in [0, 0.05) is 19.6 Å². The predicted molar refractivity (Wildman–Crippen MR) is 68.0 cm³/mol. The summed E-state index contributed by atoms with van der Waals surface area (Å²) in [6.45, 7) is 0. The Bertz CT molecular complexity index is 297. The Kier molecular flexibility index (Phi) is 3.23. The van der Waals surface area contributed by atoms with Crippen molar-refractivity contribution in [2.75, 3.05) is 14.2 Å². The van der Waals surface area contributed by atoms with Gasteiger partial charge in [-0.2, -0.15) is 0 Å². The van der Waals surface area contributed by atoms with Gasteiger partial charge in [-0.05, 0) is 56.3 Å². The zero-order valence-corrected chi connectivity index (χ0v) is 11.5. The number of Topliss-reactive ketones (excluding diaryl/α,β-unsaturated/α-hetero) is 1. The van der Waals surface area contributed by atoms with Crippen molar-refractivity contribution in [1.82, 2.24) is 0 Å². The van der Waals surface area contributed by atoms with Crippen LogP contribution in [0.25, 0.3) is 0 Å². The van der Waals surface area contributed by atoms with Crippen LogP contribution in [-0.4, -0.2) is 26.3 Å². The number of hydrogen-bond acceptors (Lipinski definition) is 3. The molecule has 4 saturated carbocycles. The van der Waals surface area contributed by atoms with Crippen molar-refractivity contribution in [1.29, 1.82) is 0 Å². The van der Waals surface area contributed by atoms with Gasteiger partial charge in [0.25, 0.3) is 0 Å². The number of ketones is 1. The molecule has 0 N–H and O–H groups in total. The Labute approximate surface area is 109 Å². The SMILES string of the molecule is COC(CC(=O)C12CC3CC(CC(C3)C1)C2)OC. The second-order valence-corrected chi connectivity index (χ2v) is 6.73. The molecule has 0 aliphatic heterocycles. The van der Waals surface area contributed by atoms with Crippen LogP contribution < -0.4 is 0 Å². The lowest BCUT2D eigenvalue weighted by Crippen LogP contribution is -2.50. The van der Waals surface area contributed by atoms with Crippen molar-refractivity contribution in [3.05, 3.63) is 0 Å². The normalized spacial score (nSPS) is 41.6. The molecule has 0 amide bonds. The van der Waals surface area contributed by atoms with Crippen LogP contribution in [0.2, 0.25) is 0 Å². The summed E-state index contributed by atoms with van der Waals surface area (Å²) in [6, 6.07) is 0. The van der Waals surface area contributed by atoms with Crippen molar-refractivity contribution in [3.63, 3.8) is 0 Å². The number of hydrogen-bond donors (Lipinski definition) is 0. The summed E-state index contributed by atoms with van der Waals surface area (Å²) < 4.78 is 10.4. The molecule has 18 heavy (non-hydrogen) atoms. The van der Waals surface area contributed by atoms with E-state index in [1.165, 1.54) is 19.3 Å². The Balaban J connectivity index is 1.73. The maximum atomic E-state index is 12.7. The molecule has 102 valence electrons. The second kappa shape index (κ2) is 4.61. The lowest BCUT2D eigenvalue weighted by Gasteiger charge is -2.56. The van der Waals surface area contributed by atoms with Gasteiger partial charge in [0.15, 0.2) is 6.29 Å². The Morgan fingerprint density at radius 2 is 1.50 bits per heavy atom. The first kappa shape index (κ1) is 12.6. The Hall–Kier alpha value is -0.410. The fourth-order valence-corrected chi connectivity index (χ4v) is 5.08. The van der Waals surface area contributed by atoms with Crippen LogP contribution in [0.5, 0.6) is 0 Å². The molecule has 0 radical (unpaired) electrons. The van der Waals surface area contributed by atoms with Crippen LogP contribution in [0, 0.1) is 23.2 Å². The highest BCUT2D eigenvalue weighted by Crippen LogP contribution is 2.60. The molecule has 0 heterocycles. The number of methoxy groups -OCH3 is 2. The number of carbonyl (C=O) groups excluding carboxylic acids is 1. The van der Waals surface area contributed by atoms with Gasteiger partial charge in [-0.25, -0.2) is 0 Å². The van der Waals surface area contributed by atoms with E-state index >= 15 is 0 Å². The van der Waals surface area contributed by atoms with Crippen molar-refractivity contribution >= 4 is 5.78 Å². The average molecular weight is 252 g/mol. The third kappa shape index (κ3) is 2.01. The van der Waals surface area contributed by atoms with Gasteiger partial charge < -0.3 is 9.47 Å².